The second-order valence-corrected chi connectivity index (χ2v) is 4.85. The van der Waals surface area contributed by atoms with Crippen LogP contribution in [0.1, 0.15) is 43.0 Å². The van der Waals surface area contributed by atoms with Gasteiger partial charge in [0.2, 0.25) is 0 Å². The SMILES string of the molecule is CNCc1nnn(CC2CC2)c1C1CC1. The first-order valence-electron chi connectivity index (χ1n) is 5.95. The maximum Gasteiger partial charge on any atom is 0.0999 e. The van der Waals surface area contributed by atoms with Crippen molar-refractivity contribution in [2.75, 3.05) is 7.05 Å². The molecule has 0 bridgehead atoms. The summed E-state index contributed by atoms with van der Waals surface area (Å²) in [5.41, 5.74) is 2.58. The van der Waals surface area contributed by atoms with Gasteiger partial charge in [0, 0.05) is 19.0 Å². The molecule has 1 heterocycles. The van der Waals surface area contributed by atoms with E-state index >= 15 is 0 Å². The molecule has 0 atom stereocenters. The van der Waals surface area contributed by atoms with Crippen molar-refractivity contribution in [1.82, 2.24) is 20.3 Å². The average Bonchev–Trinajstić information content (AvgIpc) is 3.09. The number of hydrogen-bond donors (Lipinski definition) is 1. The Labute approximate surface area is 90.0 Å². The fourth-order valence-electron chi connectivity index (χ4n) is 2.13. The second kappa shape index (κ2) is 3.59. The lowest BCUT2D eigenvalue weighted by atomic mass is 10.2. The molecule has 0 unspecified atom stereocenters. The molecule has 82 valence electrons. The first-order valence-corrected chi connectivity index (χ1v) is 5.95. The van der Waals surface area contributed by atoms with Crippen molar-refractivity contribution in [3.8, 4) is 0 Å². The van der Waals surface area contributed by atoms with Crippen molar-refractivity contribution in [1.29, 1.82) is 0 Å². The molecule has 2 saturated carbocycles. The normalized spacial score (nSPS) is 20.9. The summed E-state index contributed by atoms with van der Waals surface area (Å²) in [4.78, 5) is 0. The highest BCUT2D eigenvalue weighted by Crippen LogP contribution is 2.42. The van der Waals surface area contributed by atoms with E-state index in [2.05, 4.69) is 20.3 Å². The van der Waals surface area contributed by atoms with E-state index in [0.29, 0.717) is 0 Å². The summed E-state index contributed by atoms with van der Waals surface area (Å²) < 4.78 is 2.17. The van der Waals surface area contributed by atoms with Gasteiger partial charge < -0.3 is 5.32 Å². The maximum atomic E-state index is 4.30. The predicted molar refractivity (Wildman–Crippen MR) is 57.5 cm³/mol. The van der Waals surface area contributed by atoms with E-state index in [0.717, 1.165) is 24.9 Å². The van der Waals surface area contributed by atoms with Gasteiger partial charge in [-0.2, -0.15) is 0 Å². The highest BCUT2D eigenvalue weighted by atomic mass is 15.4. The first-order chi connectivity index (χ1) is 7.38. The summed E-state index contributed by atoms with van der Waals surface area (Å²) >= 11 is 0. The van der Waals surface area contributed by atoms with Crippen molar-refractivity contribution in [3.05, 3.63) is 11.4 Å². The molecule has 1 aromatic rings. The van der Waals surface area contributed by atoms with Gasteiger partial charge in [0.05, 0.1) is 11.4 Å². The highest BCUT2D eigenvalue weighted by molar-refractivity contribution is 5.20. The molecule has 0 spiro atoms. The van der Waals surface area contributed by atoms with Crippen LogP contribution >= 0.6 is 0 Å². The molecule has 2 aliphatic carbocycles. The average molecular weight is 206 g/mol. The van der Waals surface area contributed by atoms with Crippen LogP contribution in [0.25, 0.3) is 0 Å². The Bertz CT molecular complexity index is 349. The van der Waals surface area contributed by atoms with Crippen LogP contribution in [-0.2, 0) is 13.1 Å². The molecular formula is C11H18N4. The van der Waals surface area contributed by atoms with Crippen LogP contribution in [0.3, 0.4) is 0 Å². The number of nitrogens with zero attached hydrogens (tertiary/aromatic N) is 3. The topological polar surface area (TPSA) is 42.7 Å². The summed E-state index contributed by atoms with van der Waals surface area (Å²) in [6.07, 6.45) is 5.42. The third kappa shape index (κ3) is 1.91. The Morgan fingerprint density at radius 1 is 1.33 bits per heavy atom. The van der Waals surface area contributed by atoms with Crippen molar-refractivity contribution in [2.24, 2.45) is 5.92 Å². The molecule has 0 aliphatic heterocycles. The third-order valence-corrected chi connectivity index (χ3v) is 3.28. The molecule has 4 nitrogen and oxygen atoms in total. The zero-order valence-electron chi connectivity index (χ0n) is 9.24. The molecule has 2 fully saturated rings. The lowest BCUT2D eigenvalue weighted by molar-refractivity contribution is 0.524. The molecule has 0 radical (unpaired) electrons. The molecule has 15 heavy (non-hydrogen) atoms. The Balaban J connectivity index is 1.83. The predicted octanol–water partition coefficient (Wildman–Crippen LogP) is 1.28. The lowest BCUT2D eigenvalue weighted by Crippen LogP contribution is -2.10. The molecule has 0 saturated heterocycles. The van der Waals surface area contributed by atoms with Gasteiger partial charge in [0.25, 0.3) is 0 Å². The van der Waals surface area contributed by atoms with Gasteiger partial charge in [-0.05, 0) is 38.6 Å². The molecule has 0 amide bonds. The molecule has 1 aromatic heterocycles. The van der Waals surface area contributed by atoms with Crippen LogP contribution in [0.2, 0.25) is 0 Å². The van der Waals surface area contributed by atoms with Gasteiger partial charge in [0.1, 0.15) is 0 Å². The van der Waals surface area contributed by atoms with E-state index in [1.165, 1.54) is 37.1 Å². The van der Waals surface area contributed by atoms with Crippen LogP contribution < -0.4 is 5.32 Å². The second-order valence-electron chi connectivity index (χ2n) is 4.85. The number of hydrogen-bond acceptors (Lipinski definition) is 3. The van der Waals surface area contributed by atoms with E-state index < -0.39 is 0 Å². The fraction of sp³-hybridized carbons (Fsp3) is 0.818. The molecule has 3 rings (SSSR count). The Morgan fingerprint density at radius 3 is 2.73 bits per heavy atom. The van der Waals surface area contributed by atoms with Gasteiger partial charge in [-0.25, -0.2) is 4.68 Å². The highest BCUT2D eigenvalue weighted by Gasteiger charge is 2.32. The van der Waals surface area contributed by atoms with Crippen LogP contribution in [0.5, 0.6) is 0 Å². The number of nitrogens with one attached hydrogen (secondary N) is 1. The summed E-state index contributed by atoms with van der Waals surface area (Å²) in [6.45, 7) is 1.96. The van der Waals surface area contributed by atoms with Gasteiger partial charge in [0.15, 0.2) is 0 Å². The number of rotatable bonds is 5. The van der Waals surface area contributed by atoms with Gasteiger partial charge >= 0.3 is 0 Å². The molecular weight excluding hydrogens is 188 g/mol. The zero-order chi connectivity index (χ0) is 10.3. The molecule has 0 aromatic carbocycles. The molecule has 1 N–H and O–H groups in total. The van der Waals surface area contributed by atoms with Crippen LogP contribution in [0.4, 0.5) is 0 Å². The third-order valence-electron chi connectivity index (χ3n) is 3.28. The Kier molecular flexibility index (Phi) is 2.24. The Hall–Kier alpha value is -0.900. The van der Waals surface area contributed by atoms with Crippen molar-refractivity contribution < 1.29 is 0 Å². The summed E-state index contributed by atoms with van der Waals surface area (Å²) in [7, 11) is 1.97. The van der Waals surface area contributed by atoms with Crippen molar-refractivity contribution in [2.45, 2.75) is 44.7 Å². The summed E-state index contributed by atoms with van der Waals surface area (Å²) in [6, 6.07) is 0. The van der Waals surface area contributed by atoms with Crippen LogP contribution in [-0.4, -0.2) is 22.0 Å². The first kappa shape index (κ1) is 9.33. The maximum absolute atomic E-state index is 4.30. The Morgan fingerprint density at radius 2 is 2.13 bits per heavy atom. The minimum Gasteiger partial charge on any atom is -0.314 e. The minimum absolute atomic E-state index is 0.752. The number of aromatic nitrogens is 3. The minimum atomic E-state index is 0.752. The summed E-state index contributed by atoms with van der Waals surface area (Å²) in [5.74, 6) is 1.63. The van der Waals surface area contributed by atoms with Gasteiger partial charge in [-0.3, -0.25) is 0 Å². The van der Waals surface area contributed by atoms with E-state index in [1.54, 1.807) is 0 Å². The van der Waals surface area contributed by atoms with E-state index in [4.69, 9.17) is 0 Å². The van der Waals surface area contributed by atoms with Crippen molar-refractivity contribution in [3.63, 3.8) is 0 Å². The smallest absolute Gasteiger partial charge is 0.0999 e. The van der Waals surface area contributed by atoms with E-state index in [1.807, 2.05) is 7.05 Å². The van der Waals surface area contributed by atoms with Crippen LogP contribution in [0, 0.1) is 5.92 Å². The molecule has 2 aliphatic rings. The van der Waals surface area contributed by atoms with E-state index in [9.17, 15) is 0 Å². The fourth-order valence-corrected chi connectivity index (χ4v) is 2.13. The standard InChI is InChI=1S/C11H18N4/c1-12-6-10-11(9-4-5-9)15(14-13-10)7-8-2-3-8/h8-9,12H,2-7H2,1H3. The van der Waals surface area contributed by atoms with Crippen molar-refractivity contribution >= 4 is 0 Å². The van der Waals surface area contributed by atoms with Gasteiger partial charge in [-0.15, -0.1) is 5.10 Å². The largest absolute Gasteiger partial charge is 0.314 e. The quantitative estimate of drug-likeness (QED) is 0.789. The van der Waals surface area contributed by atoms with Gasteiger partial charge in [-0.1, -0.05) is 5.21 Å². The van der Waals surface area contributed by atoms with Crippen LogP contribution in [0.15, 0.2) is 0 Å². The lowest BCUT2D eigenvalue weighted by Gasteiger charge is -2.05. The molecule has 4 heteroatoms. The summed E-state index contributed by atoms with van der Waals surface area (Å²) in [5, 5.41) is 11.8. The van der Waals surface area contributed by atoms with E-state index in [-0.39, 0.29) is 0 Å². The monoisotopic (exact) mass is 206 g/mol. The zero-order valence-corrected chi connectivity index (χ0v) is 9.24.